The molecule has 0 saturated heterocycles. The maximum atomic E-state index is 11.1. The van der Waals surface area contributed by atoms with Crippen LogP contribution in [0.1, 0.15) is 16.2 Å². The number of Topliss-reactive ketones (excluding diaryl/α,β-unsaturated/α-hetero) is 1. The van der Waals surface area contributed by atoms with Gasteiger partial charge in [-0.3, -0.25) is 9.48 Å². The molecule has 11 heavy (non-hydrogen) atoms. The molecule has 0 aromatic carbocycles. The maximum Gasteiger partial charge on any atom is 0.191 e. The Morgan fingerprint density at radius 3 is 2.82 bits per heavy atom. The lowest BCUT2D eigenvalue weighted by Crippen LogP contribution is -2.07. The van der Waals surface area contributed by atoms with Crippen molar-refractivity contribution < 1.29 is 4.79 Å². The number of nitrogens with zero attached hydrogens (tertiary/aromatic N) is 2. The Bertz CT molecular complexity index is 280. The van der Waals surface area contributed by atoms with Crippen LogP contribution in [0.25, 0.3) is 0 Å². The molecule has 0 bridgehead atoms. The number of halogens is 1. The molecule has 0 radical (unpaired) electrons. The summed E-state index contributed by atoms with van der Waals surface area (Å²) >= 11 is 3.10. The van der Waals surface area contributed by atoms with Crippen LogP contribution < -0.4 is 0 Å². The molecular formula is C7H9BrN2O. The number of aryl methyl sites for hydroxylation is 2. The van der Waals surface area contributed by atoms with Gasteiger partial charge >= 0.3 is 0 Å². The minimum Gasteiger partial charge on any atom is -0.292 e. The van der Waals surface area contributed by atoms with Crippen LogP contribution in [0.15, 0.2) is 6.07 Å². The first-order valence-corrected chi connectivity index (χ1v) is 4.37. The number of aromatic nitrogens is 2. The molecule has 3 nitrogen and oxygen atoms in total. The summed E-state index contributed by atoms with van der Waals surface area (Å²) in [6, 6.07) is 1.78. The molecule has 0 aliphatic carbocycles. The van der Waals surface area contributed by atoms with Crippen LogP contribution in [0.4, 0.5) is 0 Å². The van der Waals surface area contributed by atoms with E-state index < -0.39 is 0 Å². The average molecular weight is 217 g/mol. The Balaban J connectivity index is 3.03. The molecule has 4 heteroatoms. The summed E-state index contributed by atoms with van der Waals surface area (Å²) in [4.78, 5) is 11.1. The fourth-order valence-electron chi connectivity index (χ4n) is 0.940. The van der Waals surface area contributed by atoms with Gasteiger partial charge in [0.15, 0.2) is 5.78 Å². The minimum atomic E-state index is 0.0631. The fourth-order valence-corrected chi connectivity index (χ4v) is 1.23. The molecule has 0 spiro atoms. The molecule has 0 unspecified atom stereocenters. The second-order valence-electron chi connectivity index (χ2n) is 2.35. The van der Waals surface area contributed by atoms with Gasteiger partial charge in [-0.05, 0) is 13.0 Å². The fraction of sp³-hybridized carbons (Fsp3) is 0.429. The number of carbonyl (C=O) groups excluding carboxylic acids is 1. The van der Waals surface area contributed by atoms with Gasteiger partial charge in [-0.1, -0.05) is 15.9 Å². The zero-order chi connectivity index (χ0) is 8.43. The highest BCUT2D eigenvalue weighted by molar-refractivity contribution is 9.09. The van der Waals surface area contributed by atoms with E-state index in [-0.39, 0.29) is 5.78 Å². The van der Waals surface area contributed by atoms with Gasteiger partial charge in [0, 0.05) is 7.05 Å². The van der Waals surface area contributed by atoms with Crippen LogP contribution in [0, 0.1) is 6.92 Å². The van der Waals surface area contributed by atoms with Gasteiger partial charge in [-0.2, -0.15) is 5.10 Å². The molecule has 0 amide bonds. The van der Waals surface area contributed by atoms with Gasteiger partial charge in [0.1, 0.15) is 5.69 Å². The molecule has 0 aliphatic heterocycles. The lowest BCUT2D eigenvalue weighted by molar-refractivity contribution is 0.101. The molecule has 0 atom stereocenters. The van der Waals surface area contributed by atoms with E-state index in [9.17, 15) is 4.79 Å². The Labute approximate surface area is 73.5 Å². The molecule has 0 saturated carbocycles. The quantitative estimate of drug-likeness (QED) is 0.552. The molecule has 0 aliphatic rings. The van der Waals surface area contributed by atoms with Crippen molar-refractivity contribution in [3.8, 4) is 0 Å². The van der Waals surface area contributed by atoms with E-state index >= 15 is 0 Å². The third-order valence-corrected chi connectivity index (χ3v) is 1.92. The number of hydrogen-bond acceptors (Lipinski definition) is 2. The molecular weight excluding hydrogens is 208 g/mol. The summed E-state index contributed by atoms with van der Waals surface area (Å²) < 4.78 is 1.60. The van der Waals surface area contributed by atoms with Crippen molar-refractivity contribution in [2.75, 3.05) is 5.33 Å². The van der Waals surface area contributed by atoms with Gasteiger partial charge in [0.2, 0.25) is 0 Å². The van der Waals surface area contributed by atoms with Gasteiger partial charge in [-0.25, -0.2) is 0 Å². The van der Waals surface area contributed by atoms with Crippen LogP contribution in [0.3, 0.4) is 0 Å². The maximum absolute atomic E-state index is 11.1. The van der Waals surface area contributed by atoms with E-state index in [0.29, 0.717) is 11.0 Å². The monoisotopic (exact) mass is 216 g/mol. The highest BCUT2D eigenvalue weighted by Crippen LogP contribution is 2.03. The molecule has 0 N–H and O–H groups in total. The summed E-state index contributed by atoms with van der Waals surface area (Å²) in [5.74, 6) is 0.0631. The lowest BCUT2D eigenvalue weighted by atomic mass is 10.3. The second-order valence-corrected chi connectivity index (χ2v) is 2.91. The number of carbonyl (C=O) groups is 1. The lowest BCUT2D eigenvalue weighted by Gasteiger charge is -1.94. The third-order valence-electron chi connectivity index (χ3n) is 1.41. The van der Waals surface area contributed by atoms with Crippen LogP contribution >= 0.6 is 15.9 Å². The van der Waals surface area contributed by atoms with E-state index in [4.69, 9.17) is 0 Å². The van der Waals surface area contributed by atoms with Crippen LogP contribution in [-0.2, 0) is 7.05 Å². The molecule has 1 aromatic rings. The summed E-state index contributed by atoms with van der Waals surface area (Å²) in [6.45, 7) is 1.87. The van der Waals surface area contributed by atoms with Crippen molar-refractivity contribution in [1.29, 1.82) is 0 Å². The van der Waals surface area contributed by atoms with Crippen LogP contribution in [-0.4, -0.2) is 20.9 Å². The predicted molar refractivity (Wildman–Crippen MR) is 46.1 cm³/mol. The van der Waals surface area contributed by atoms with E-state index in [1.165, 1.54) is 0 Å². The van der Waals surface area contributed by atoms with Gasteiger partial charge < -0.3 is 0 Å². The Kier molecular flexibility index (Phi) is 2.44. The Morgan fingerprint density at radius 1 is 1.82 bits per heavy atom. The molecule has 1 heterocycles. The average Bonchev–Trinajstić information content (AvgIpc) is 2.28. The molecule has 60 valence electrons. The van der Waals surface area contributed by atoms with Gasteiger partial charge in [-0.15, -0.1) is 0 Å². The first-order valence-electron chi connectivity index (χ1n) is 3.25. The Morgan fingerprint density at radius 2 is 2.45 bits per heavy atom. The van der Waals surface area contributed by atoms with E-state index in [1.807, 2.05) is 6.92 Å². The first kappa shape index (κ1) is 8.46. The number of hydrogen-bond donors (Lipinski definition) is 0. The molecule has 1 aromatic heterocycles. The standard InChI is InChI=1S/C7H9BrN2O/c1-5-3-6(7(11)4-8)10(2)9-5/h3H,4H2,1-2H3. The van der Waals surface area contributed by atoms with Crippen molar-refractivity contribution in [2.24, 2.45) is 7.05 Å². The van der Waals surface area contributed by atoms with Crippen molar-refractivity contribution in [3.05, 3.63) is 17.5 Å². The van der Waals surface area contributed by atoms with Gasteiger partial charge in [0.25, 0.3) is 0 Å². The topological polar surface area (TPSA) is 34.9 Å². The van der Waals surface area contributed by atoms with Crippen molar-refractivity contribution in [2.45, 2.75) is 6.92 Å². The normalized spacial score (nSPS) is 10.1. The van der Waals surface area contributed by atoms with Crippen LogP contribution in [0.2, 0.25) is 0 Å². The van der Waals surface area contributed by atoms with Crippen molar-refractivity contribution in [3.63, 3.8) is 0 Å². The molecule has 0 fully saturated rings. The SMILES string of the molecule is Cc1cc(C(=O)CBr)n(C)n1. The summed E-state index contributed by atoms with van der Waals surface area (Å²) in [7, 11) is 1.77. The summed E-state index contributed by atoms with van der Waals surface area (Å²) in [6.07, 6.45) is 0. The number of rotatable bonds is 2. The number of alkyl halides is 1. The minimum absolute atomic E-state index is 0.0631. The zero-order valence-electron chi connectivity index (χ0n) is 6.47. The highest BCUT2D eigenvalue weighted by Gasteiger charge is 2.08. The van der Waals surface area contributed by atoms with Crippen LogP contribution in [0.5, 0.6) is 0 Å². The van der Waals surface area contributed by atoms with E-state index in [2.05, 4.69) is 21.0 Å². The largest absolute Gasteiger partial charge is 0.292 e. The van der Waals surface area contributed by atoms with Crippen molar-refractivity contribution >= 4 is 21.7 Å². The smallest absolute Gasteiger partial charge is 0.191 e. The summed E-state index contributed by atoms with van der Waals surface area (Å²) in [5, 5.41) is 4.41. The zero-order valence-corrected chi connectivity index (χ0v) is 8.05. The third kappa shape index (κ3) is 1.68. The molecule has 1 rings (SSSR count). The van der Waals surface area contributed by atoms with Gasteiger partial charge in [0.05, 0.1) is 11.0 Å². The highest BCUT2D eigenvalue weighted by atomic mass is 79.9. The summed E-state index contributed by atoms with van der Waals surface area (Å²) in [5.41, 5.74) is 1.52. The second kappa shape index (κ2) is 3.17. The van der Waals surface area contributed by atoms with E-state index in [0.717, 1.165) is 5.69 Å². The Hall–Kier alpha value is -0.640. The predicted octanol–water partition coefficient (Wildman–Crippen LogP) is 1.31. The van der Waals surface area contributed by atoms with E-state index in [1.54, 1.807) is 17.8 Å². The first-order chi connectivity index (χ1) is 5.15. The number of ketones is 1. The van der Waals surface area contributed by atoms with Crippen molar-refractivity contribution in [1.82, 2.24) is 9.78 Å².